The molecular weight excluding hydrogens is 306 g/mol. The molecule has 6 rings (SSSR count). The van der Waals surface area contributed by atoms with Crippen molar-refractivity contribution in [2.75, 3.05) is 0 Å². The summed E-state index contributed by atoms with van der Waals surface area (Å²) in [7, 11) is 0. The summed E-state index contributed by atoms with van der Waals surface area (Å²) in [6.07, 6.45) is 0. The molecule has 0 amide bonds. The molecule has 5 heterocycles. The zero-order valence-corrected chi connectivity index (χ0v) is 13.5. The van der Waals surface area contributed by atoms with Crippen LogP contribution in [0.25, 0.3) is 47.5 Å². The Morgan fingerprint density at radius 2 is 1.27 bits per heavy atom. The van der Waals surface area contributed by atoms with E-state index in [1.54, 1.807) is 0 Å². The van der Waals surface area contributed by atoms with Gasteiger partial charge in [-0.1, -0.05) is 0 Å². The van der Waals surface area contributed by atoms with Crippen molar-refractivity contribution in [3.05, 3.63) is 52.7 Å². The minimum Gasteiger partial charge on any atom is -0.306 e. The van der Waals surface area contributed by atoms with Gasteiger partial charge in [0, 0.05) is 21.5 Å². The average molecular weight is 317 g/mol. The highest BCUT2D eigenvalue weighted by molar-refractivity contribution is 7.18. The van der Waals surface area contributed by atoms with Crippen molar-refractivity contribution in [3.8, 4) is 0 Å². The number of rotatable bonds is 0. The molecule has 0 fully saturated rings. The number of aromatic nitrogens is 1. The van der Waals surface area contributed by atoms with Crippen molar-refractivity contribution in [1.82, 2.24) is 4.40 Å². The molecule has 6 aromatic rings. The van der Waals surface area contributed by atoms with Gasteiger partial charge in [-0.05, 0) is 59.6 Å². The molecule has 0 bridgehead atoms. The van der Waals surface area contributed by atoms with E-state index in [2.05, 4.69) is 58.5 Å². The third-order valence-electron chi connectivity index (χ3n) is 4.73. The second-order valence-electron chi connectivity index (χ2n) is 5.97. The fraction of sp³-hybridized carbons (Fsp3) is 0.0526. The van der Waals surface area contributed by atoms with Crippen LogP contribution in [0.5, 0.6) is 0 Å². The molecule has 0 aliphatic carbocycles. The summed E-state index contributed by atoms with van der Waals surface area (Å²) < 4.78 is 5.27. The van der Waals surface area contributed by atoms with Crippen LogP contribution in [0.15, 0.2) is 47.2 Å². The summed E-state index contributed by atoms with van der Waals surface area (Å²) >= 11 is 3.69. The van der Waals surface area contributed by atoms with Crippen molar-refractivity contribution in [2.45, 2.75) is 6.92 Å². The molecule has 0 aliphatic rings. The molecule has 0 spiro atoms. The lowest BCUT2D eigenvalue weighted by molar-refractivity contribution is 1.36. The zero-order chi connectivity index (χ0) is 14.4. The van der Waals surface area contributed by atoms with Gasteiger partial charge in [-0.15, -0.1) is 22.7 Å². The third-order valence-corrected chi connectivity index (χ3v) is 6.61. The predicted octanol–water partition coefficient (Wildman–Crippen LogP) is 6.42. The Morgan fingerprint density at radius 1 is 0.727 bits per heavy atom. The Bertz CT molecular complexity index is 1230. The molecule has 0 saturated carbocycles. The zero-order valence-electron chi connectivity index (χ0n) is 11.9. The molecular formula is C19H11NS2. The normalized spacial score (nSPS) is 12.8. The lowest BCUT2D eigenvalue weighted by Gasteiger charge is -2.13. The third kappa shape index (κ3) is 1.14. The average Bonchev–Trinajstić information content (AvgIpc) is 3.23. The highest BCUT2D eigenvalue weighted by atomic mass is 32.1. The monoisotopic (exact) mass is 317 g/mol. The predicted molar refractivity (Wildman–Crippen MR) is 99.1 cm³/mol. The van der Waals surface area contributed by atoms with Crippen molar-refractivity contribution in [1.29, 1.82) is 0 Å². The smallest absolute Gasteiger partial charge is 0.0642 e. The molecule has 3 heteroatoms. The Kier molecular flexibility index (Phi) is 1.89. The largest absolute Gasteiger partial charge is 0.306 e. The van der Waals surface area contributed by atoms with E-state index in [9.17, 15) is 0 Å². The molecule has 0 unspecified atom stereocenters. The van der Waals surface area contributed by atoms with Crippen LogP contribution in [-0.4, -0.2) is 4.40 Å². The number of benzene rings is 1. The molecule has 104 valence electrons. The molecule has 5 aromatic heterocycles. The quantitative estimate of drug-likeness (QED) is 0.304. The highest BCUT2D eigenvalue weighted by Gasteiger charge is 2.18. The van der Waals surface area contributed by atoms with Crippen molar-refractivity contribution in [3.63, 3.8) is 0 Å². The minimum absolute atomic E-state index is 1.34. The number of fused-ring (bicyclic) bond motifs is 6. The Hall–Kier alpha value is -2.10. The van der Waals surface area contributed by atoms with E-state index in [-0.39, 0.29) is 0 Å². The first-order valence-corrected chi connectivity index (χ1v) is 9.12. The molecule has 0 N–H and O–H groups in total. The second-order valence-corrected chi connectivity index (χ2v) is 7.81. The first-order valence-electron chi connectivity index (χ1n) is 7.36. The van der Waals surface area contributed by atoms with E-state index < -0.39 is 0 Å². The molecule has 0 aliphatic heterocycles. The topological polar surface area (TPSA) is 4.41 Å². The Morgan fingerprint density at radius 3 is 1.82 bits per heavy atom. The number of hydrogen-bond donors (Lipinski definition) is 0. The van der Waals surface area contributed by atoms with Crippen molar-refractivity contribution < 1.29 is 0 Å². The summed E-state index contributed by atoms with van der Waals surface area (Å²) in [6, 6.07) is 13.8. The number of aryl methyl sites for hydroxylation is 1. The SMILES string of the molecule is Cc1cc2c3ccsc3c3ccc4c5sccc5c(c1)c2n34. The van der Waals surface area contributed by atoms with Gasteiger partial charge in [-0.3, -0.25) is 0 Å². The van der Waals surface area contributed by atoms with Crippen molar-refractivity contribution >= 4 is 70.2 Å². The lowest BCUT2D eigenvalue weighted by Crippen LogP contribution is -1.93. The molecule has 22 heavy (non-hydrogen) atoms. The van der Waals surface area contributed by atoms with Crippen LogP contribution in [0.3, 0.4) is 0 Å². The number of thiophene rings is 2. The van der Waals surface area contributed by atoms with Gasteiger partial charge in [0.2, 0.25) is 0 Å². The molecule has 0 radical (unpaired) electrons. The Labute approximate surface area is 134 Å². The van der Waals surface area contributed by atoms with Gasteiger partial charge in [0.15, 0.2) is 0 Å². The van der Waals surface area contributed by atoms with E-state index in [1.807, 2.05) is 22.7 Å². The first kappa shape index (κ1) is 11.5. The van der Waals surface area contributed by atoms with E-state index in [4.69, 9.17) is 0 Å². The second kappa shape index (κ2) is 3.62. The number of nitrogens with zero attached hydrogens (tertiary/aromatic N) is 1. The molecule has 0 atom stereocenters. The standard InChI is InChI=1S/C19H11NS2/c1-10-8-13-11-4-6-21-18(11)15-2-3-16-19-12(5-7-22-19)14(9-10)17(13)20(15)16/h2-9H,1H3. The fourth-order valence-corrected chi connectivity index (χ4v) is 5.75. The minimum atomic E-state index is 1.34. The number of hydrogen-bond acceptors (Lipinski definition) is 2. The lowest BCUT2D eigenvalue weighted by atomic mass is 10.0. The van der Waals surface area contributed by atoms with E-state index >= 15 is 0 Å². The summed E-state index contributed by atoms with van der Waals surface area (Å²) in [5.41, 5.74) is 5.40. The number of pyridine rings is 2. The Balaban J connectivity index is 2.19. The van der Waals surface area contributed by atoms with Gasteiger partial charge in [-0.25, -0.2) is 0 Å². The van der Waals surface area contributed by atoms with E-state index in [1.165, 1.54) is 53.1 Å². The van der Waals surface area contributed by atoms with Gasteiger partial charge in [0.1, 0.15) is 0 Å². The van der Waals surface area contributed by atoms with E-state index in [0.717, 1.165) is 0 Å². The molecule has 1 nitrogen and oxygen atoms in total. The van der Waals surface area contributed by atoms with E-state index in [0.29, 0.717) is 0 Å². The van der Waals surface area contributed by atoms with Gasteiger partial charge in [0.25, 0.3) is 0 Å². The van der Waals surface area contributed by atoms with Crippen molar-refractivity contribution in [2.24, 2.45) is 0 Å². The first-order chi connectivity index (χ1) is 10.8. The maximum Gasteiger partial charge on any atom is 0.0642 e. The highest BCUT2D eigenvalue weighted by Crippen LogP contribution is 2.42. The summed E-state index contributed by atoms with van der Waals surface area (Å²) in [4.78, 5) is 0. The van der Waals surface area contributed by atoms with Crippen LogP contribution in [0.1, 0.15) is 5.56 Å². The van der Waals surface area contributed by atoms with Crippen LogP contribution in [0.4, 0.5) is 0 Å². The van der Waals surface area contributed by atoms with Crippen LogP contribution in [-0.2, 0) is 0 Å². The van der Waals surface area contributed by atoms with Crippen LogP contribution in [0, 0.1) is 6.92 Å². The van der Waals surface area contributed by atoms with Crippen LogP contribution >= 0.6 is 22.7 Å². The summed E-state index contributed by atoms with van der Waals surface area (Å²) in [6.45, 7) is 2.20. The van der Waals surface area contributed by atoms with Crippen LogP contribution < -0.4 is 0 Å². The van der Waals surface area contributed by atoms with Gasteiger partial charge in [-0.2, -0.15) is 0 Å². The molecule has 1 aromatic carbocycles. The fourth-order valence-electron chi connectivity index (χ4n) is 3.90. The van der Waals surface area contributed by atoms with Gasteiger partial charge < -0.3 is 4.40 Å². The maximum atomic E-state index is 2.47. The van der Waals surface area contributed by atoms with Gasteiger partial charge in [0.05, 0.1) is 25.9 Å². The molecule has 0 saturated heterocycles. The summed E-state index contributed by atoms with van der Waals surface area (Å²) in [5.74, 6) is 0. The van der Waals surface area contributed by atoms with Gasteiger partial charge >= 0.3 is 0 Å². The van der Waals surface area contributed by atoms with Crippen LogP contribution in [0.2, 0.25) is 0 Å². The maximum absolute atomic E-state index is 2.47. The summed E-state index contributed by atoms with van der Waals surface area (Å²) in [5, 5.41) is 9.97.